The van der Waals surface area contributed by atoms with Crippen molar-refractivity contribution in [3.63, 3.8) is 0 Å². The van der Waals surface area contributed by atoms with Gasteiger partial charge in [0.15, 0.2) is 5.82 Å². The topological polar surface area (TPSA) is 56.5 Å². The molecule has 0 N–H and O–H groups in total. The van der Waals surface area contributed by atoms with E-state index >= 15 is 0 Å². The zero-order valence-electron chi connectivity index (χ0n) is 16.1. The van der Waals surface area contributed by atoms with Crippen LogP contribution in [0, 0.1) is 19.5 Å². The van der Waals surface area contributed by atoms with Crippen molar-refractivity contribution >= 4 is 62.3 Å². The second-order valence-corrected chi connectivity index (χ2v) is 8.81. The van der Waals surface area contributed by atoms with Crippen molar-refractivity contribution in [1.29, 1.82) is 0 Å². The molecule has 0 unspecified atom stereocenters. The lowest BCUT2D eigenvalue weighted by molar-refractivity contribution is 0.365. The molecule has 0 bridgehead atoms. The summed E-state index contributed by atoms with van der Waals surface area (Å²) in [5.41, 5.74) is 2.06. The van der Waals surface area contributed by atoms with Gasteiger partial charge in [-0.15, -0.1) is 6.42 Å². The van der Waals surface area contributed by atoms with E-state index in [-0.39, 0.29) is 12.2 Å². The van der Waals surface area contributed by atoms with Gasteiger partial charge in [-0.1, -0.05) is 48.4 Å². The molecule has 4 rings (SSSR count). The van der Waals surface area contributed by atoms with Crippen molar-refractivity contribution in [3.8, 4) is 29.5 Å². The van der Waals surface area contributed by atoms with Crippen LogP contribution in [0.2, 0.25) is 0 Å². The number of ether oxygens (including phenoxy) is 1. The molecular weight excluding hydrogens is 616 g/mol. The van der Waals surface area contributed by atoms with Crippen LogP contribution in [0.5, 0.6) is 5.75 Å². The zero-order valence-corrected chi connectivity index (χ0v) is 20.4. The van der Waals surface area contributed by atoms with Gasteiger partial charge in [-0.05, 0) is 75.0 Å². The van der Waals surface area contributed by atoms with E-state index in [1.807, 2.05) is 60.7 Å². The summed E-state index contributed by atoms with van der Waals surface area (Å²) >= 11 is 4.40. The van der Waals surface area contributed by atoms with Crippen molar-refractivity contribution in [2.45, 2.75) is 0 Å². The highest BCUT2D eigenvalue weighted by Gasteiger charge is 2.12. The van der Waals surface area contributed by atoms with E-state index in [4.69, 9.17) is 16.1 Å². The first-order chi connectivity index (χ1) is 15.1. The highest BCUT2D eigenvalue weighted by atomic mass is 127. The first kappa shape index (κ1) is 21.5. The van der Waals surface area contributed by atoms with Crippen LogP contribution >= 0.6 is 45.2 Å². The molecule has 0 fully saturated rings. The highest BCUT2D eigenvalue weighted by molar-refractivity contribution is 14.1. The Hall–Kier alpha value is -2.71. The van der Waals surface area contributed by atoms with E-state index in [1.165, 1.54) is 4.68 Å². The molecule has 152 valence electrons. The summed E-state index contributed by atoms with van der Waals surface area (Å²) < 4.78 is 8.79. The van der Waals surface area contributed by atoms with Gasteiger partial charge in [-0.3, -0.25) is 4.79 Å². The van der Waals surface area contributed by atoms with Crippen LogP contribution in [0.15, 0.2) is 76.6 Å². The van der Waals surface area contributed by atoms with Crippen LogP contribution in [0.3, 0.4) is 0 Å². The SMILES string of the molecule is C#CCOc1c(I)cc(C=Nn2c(-c3ccccc3)nc3ccccc3c2=O)cc1I. The molecule has 0 amide bonds. The number of hydrogen-bond acceptors (Lipinski definition) is 4. The van der Waals surface area contributed by atoms with Gasteiger partial charge in [0.05, 0.1) is 24.3 Å². The number of halogens is 2. The predicted molar refractivity (Wildman–Crippen MR) is 141 cm³/mol. The Labute approximate surface area is 206 Å². The van der Waals surface area contributed by atoms with Crippen molar-refractivity contribution in [1.82, 2.24) is 9.66 Å². The number of benzene rings is 3. The lowest BCUT2D eigenvalue weighted by Gasteiger charge is -2.10. The molecule has 0 saturated heterocycles. The van der Waals surface area contributed by atoms with E-state index in [2.05, 4.69) is 56.2 Å². The summed E-state index contributed by atoms with van der Waals surface area (Å²) in [6, 6.07) is 20.7. The molecule has 0 aliphatic carbocycles. The fourth-order valence-corrected chi connectivity index (χ4v) is 5.16. The molecule has 31 heavy (non-hydrogen) atoms. The fraction of sp³-hybridized carbons (Fsp3) is 0.0417. The summed E-state index contributed by atoms with van der Waals surface area (Å²) in [4.78, 5) is 17.9. The van der Waals surface area contributed by atoms with Gasteiger partial charge in [0, 0.05) is 5.56 Å². The maximum Gasteiger partial charge on any atom is 0.282 e. The maximum absolute atomic E-state index is 13.2. The van der Waals surface area contributed by atoms with Gasteiger partial charge in [0.1, 0.15) is 12.4 Å². The molecule has 5 nitrogen and oxygen atoms in total. The van der Waals surface area contributed by atoms with Crippen LogP contribution in [-0.2, 0) is 0 Å². The van der Waals surface area contributed by atoms with E-state index in [9.17, 15) is 4.79 Å². The summed E-state index contributed by atoms with van der Waals surface area (Å²) in [5, 5.41) is 5.03. The number of rotatable bonds is 5. The minimum absolute atomic E-state index is 0.206. The summed E-state index contributed by atoms with van der Waals surface area (Å²) in [7, 11) is 0. The van der Waals surface area contributed by atoms with Gasteiger partial charge in [-0.25, -0.2) is 4.98 Å². The number of nitrogens with zero attached hydrogens (tertiary/aromatic N) is 3. The third-order valence-electron chi connectivity index (χ3n) is 4.43. The predicted octanol–water partition coefficient (Wildman–Crippen LogP) is 5.17. The number of hydrogen-bond donors (Lipinski definition) is 0. The second kappa shape index (κ2) is 9.62. The molecule has 1 heterocycles. The van der Waals surface area contributed by atoms with Crippen LogP contribution in [0.25, 0.3) is 22.3 Å². The molecule has 7 heteroatoms. The van der Waals surface area contributed by atoms with Crippen LogP contribution in [0.1, 0.15) is 5.56 Å². The Balaban J connectivity index is 1.83. The van der Waals surface area contributed by atoms with Crippen LogP contribution in [-0.4, -0.2) is 22.5 Å². The Bertz CT molecular complexity index is 1370. The first-order valence-corrected chi connectivity index (χ1v) is 11.4. The van der Waals surface area contributed by atoms with Gasteiger partial charge in [-0.2, -0.15) is 9.78 Å². The molecule has 0 aliphatic rings. The van der Waals surface area contributed by atoms with Gasteiger partial charge in [0.2, 0.25) is 0 Å². The lowest BCUT2D eigenvalue weighted by Crippen LogP contribution is -2.20. The number of fused-ring (bicyclic) bond motifs is 1. The van der Waals surface area contributed by atoms with Crippen molar-refractivity contribution in [3.05, 3.63) is 89.8 Å². The largest absolute Gasteiger partial charge is 0.479 e. The molecule has 0 atom stereocenters. The first-order valence-electron chi connectivity index (χ1n) is 9.25. The minimum atomic E-state index is -0.223. The van der Waals surface area contributed by atoms with E-state index in [1.54, 1.807) is 12.3 Å². The molecular formula is C24H15I2N3O2. The standard InChI is InChI=1S/C24H15I2N3O2/c1-2-12-31-22-19(25)13-16(14-20(22)26)15-27-29-23(17-8-4-3-5-9-17)28-21-11-7-6-10-18(21)24(29)30/h1,3-11,13-15H,12H2. The molecule has 4 aromatic rings. The van der Waals surface area contributed by atoms with Gasteiger partial charge in [0.25, 0.3) is 5.56 Å². The smallest absolute Gasteiger partial charge is 0.282 e. The van der Waals surface area contributed by atoms with Gasteiger partial charge < -0.3 is 4.74 Å². The Morgan fingerprint density at radius 1 is 1.06 bits per heavy atom. The van der Waals surface area contributed by atoms with E-state index in [0.29, 0.717) is 16.7 Å². The Morgan fingerprint density at radius 2 is 1.74 bits per heavy atom. The normalized spacial score (nSPS) is 11.0. The lowest BCUT2D eigenvalue weighted by atomic mass is 10.2. The average Bonchev–Trinajstić information content (AvgIpc) is 2.78. The number of aromatic nitrogens is 2. The van der Waals surface area contributed by atoms with Crippen LogP contribution < -0.4 is 10.3 Å². The van der Waals surface area contributed by atoms with Gasteiger partial charge >= 0.3 is 0 Å². The van der Waals surface area contributed by atoms with E-state index < -0.39 is 0 Å². The molecule has 0 aliphatic heterocycles. The Kier molecular flexibility index (Phi) is 6.67. The highest BCUT2D eigenvalue weighted by Crippen LogP contribution is 2.28. The summed E-state index contributed by atoms with van der Waals surface area (Å²) in [6.07, 6.45) is 6.95. The quantitative estimate of drug-likeness (QED) is 0.174. The monoisotopic (exact) mass is 631 g/mol. The average molecular weight is 631 g/mol. The third-order valence-corrected chi connectivity index (χ3v) is 6.03. The van der Waals surface area contributed by atoms with Crippen LogP contribution in [0.4, 0.5) is 0 Å². The molecule has 3 aromatic carbocycles. The second-order valence-electron chi connectivity index (χ2n) is 6.49. The summed E-state index contributed by atoms with van der Waals surface area (Å²) in [6.45, 7) is 0.206. The molecule has 0 radical (unpaired) electrons. The maximum atomic E-state index is 13.2. The van der Waals surface area contributed by atoms with Crippen molar-refractivity contribution in [2.75, 3.05) is 6.61 Å². The number of terminal acetylenes is 1. The van der Waals surface area contributed by atoms with E-state index in [0.717, 1.165) is 24.0 Å². The molecule has 0 saturated carbocycles. The molecule has 1 aromatic heterocycles. The third kappa shape index (κ3) is 4.65. The zero-order chi connectivity index (χ0) is 21.8. The minimum Gasteiger partial charge on any atom is -0.479 e. The fourth-order valence-electron chi connectivity index (χ4n) is 3.04. The Morgan fingerprint density at radius 3 is 2.45 bits per heavy atom. The summed E-state index contributed by atoms with van der Waals surface area (Å²) in [5.74, 6) is 3.70. The number of para-hydroxylation sites is 1. The molecule has 0 spiro atoms. The van der Waals surface area contributed by atoms with Crippen molar-refractivity contribution in [2.24, 2.45) is 5.10 Å². The van der Waals surface area contributed by atoms with Crippen molar-refractivity contribution < 1.29 is 4.74 Å².